The fourth-order valence-corrected chi connectivity index (χ4v) is 2.79. The highest BCUT2D eigenvalue weighted by Crippen LogP contribution is 2.24. The Kier molecular flexibility index (Phi) is 4.92. The summed E-state index contributed by atoms with van der Waals surface area (Å²) in [5, 5.41) is 0. The largest absolute Gasteiger partial charge is 0.345 e. The second-order valence-corrected chi connectivity index (χ2v) is 6.47. The van der Waals surface area contributed by atoms with Crippen LogP contribution in [-0.4, -0.2) is 9.97 Å². The van der Waals surface area contributed by atoms with E-state index in [0.29, 0.717) is 5.92 Å². The fraction of sp³-hybridized carbons (Fsp3) is 0.286. The van der Waals surface area contributed by atoms with Crippen LogP contribution in [0.3, 0.4) is 0 Å². The van der Waals surface area contributed by atoms with Gasteiger partial charge in [-0.05, 0) is 24.3 Å². The van der Waals surface area contributed by atoms with Crippen molar-refractivity contribution in [3.8, 4) is 11.3 Å². The fourth-order valence-electron chi connectivity index (χ4n) is 2.79. The van der Waals surface area contributed by atoms with Crippen molar-refractivity contribution in [2.45, 2.75) is 33.1 Å². The van der Waals surface area contributed by atoms with Gasteiger partial charge in [-0.25, -0.2) is 4.98 Å². The molecule has 0 fully saturated rings. The van der Waals surface area contributed by atoms with Gasteiger partial charge in [-0.2, -0.15) is 0 Å². The first-order chi connectivity index (χ1) is 11.2. The van der Waals surface area contributed by atoms with E-state index in [-0.39, 0.29) is 0 Å². The van der Waals surface area contributed by atoms with E-state index in [1.165, 1.54) is 23.2 Å². The molecule has 3 rings (SSSR count). The highest BCUT2D eigenvalue weighted by atomic mass is 14.9. The minimum atomic E-state index is 0.694. The van der Waals surface area contributed by atoms with Gasteiger partial charge in [-0.15, -0.1) is 0 Å². The Labute approximate surface area is 138 Å². The van der Waals surface area contributed by atoms with Crippen LogP contribution in [-0.2, 0) is 12.8 Å². The third kappa shape index (κ3) is 4.10. The van der Waals surface area contributed by atoms with E-state index < -0.39 is 0 Å². The molecule has 2 heteroatoms. The van der Waals surface area contributed by atoms with Crippen LogP contribution in [0, 0.1) is 5.92 Å². The summed E-state index contributed by atoms with van der Waals surface area (Å²) in [6.45, 7) is 4.53. The summed E-state index contributed by atoms with van der Waals surface area (Å²) in [6, 6.07) is 21.0. The van der Waals surface area contributed by atoms with Gasteiger partial charge in [0.15, 0.2) is 0 Å². The number of hydrogen-bond acceptors (Lipinski definition) is 1. The first-order valence-corrected chi connectivity index (χ1v) is 8.39. The van der Waals surface area contributed by atoms with Gasteiger partial charge in [0.25, 0.3) is 0 Å². The third-order valence-corrected chi connectivity index (χ3v) is 4.06. The lowest BCUT2D eigenvalue weighted by Crippen LogP contribution is -1.95. The monoisotopic (exact) mass is 304 g/mol. The average molecular weight is 304 g/mol. The van der Waals surface area contributed by atoms with Crippen LogP contribution in [0.5, 0.6) is 0 Å². The van der Waals surface area contributed by atoms with Gasteiger partial charge in [0.05, 0.1) is 5.69 Å². The van der Waals surface area contributed by atoms with Crippen LogP contribution in [0.1, 0.15) is 37.4 Å². The van der Waals surface area contributed by atoms with Crippen LogP contribution in [0.25, 0.3) is 11.3 Å². The Morgan fingerprint density at radius 2 is 1.57 bits per heavy atom. The number of imidazole rings is 1. The van der Waals surface area contributed by atoms with Crippen molar-refractivity contribution < 1.29 is 0 Å². The highest BCUT2D eigenvalue weighted by Gasteiger charge is 2.13. The molecule has 118 valence electrons. The maximum Gasteiger partial charge on any atom is 0.111 e. The zero-order valence-corrected chi connectivity index (χ0v) is 13.9. The van der Waals surface area contributed by atoms with Crippen LogP contribution in [0.4, 0.5) is 0 Å². The molecule has 0 spiro atoms. The topological polar surface area (TPSA) is 28.7 Å². The number of nitrogens with zero attached hydrogens (tertiary/aromatic N) is 1. The Morgan fingerprint density at radius 1 is 0.913 bits per heavy atom. The number of nitrogens with one attached hydrogen (secondary N) is 1. The Morgan fingerprint density at radius 3 is 2.22 bits per heavy atom. The van der Waals surface area contributed by atoms with E-state index in [2.05, 4.69) is 79.5 Å². The lowest BCUT2D eigenvalue weighted by atomic mass is 10.0. The molecule has 23 heavy (non-hydrogen) atoms. The molecule has 0 saturated heterocycles. The predicted molar refractivity (Wildman–Crippen MR) is 96.4 cm³/mol. The van der Waals surface area contributed by atoms with E-state index in [1.54, 1.807) is 0 Å². The van der Waals surface area contributed by atoms with Gasteiger partial charge in [-0.1, -0.05) is 74.5 Å². The smallest absolute Gasteiger partial charge is 0.111 e. The maximum absolute atomic E-state index is 4.90. The van der Waals surface area contributed by atoms with E-state index >= 15 is 0 Å². The summed E-state index contributed by atoms with van der Waals surface area (Å²) in [5.74, 6) is 1.74. The van der Waals surface area contributed by atoms with Crippen molar-refractivity contribution in [3.63, 3.8) is 0 Å². The molecule has 0 aliphatic rings. The van der Waals surface area contributed by atoms with Crippen LogP contribution >= 0.6 is 0 Å². The van der Waals surface area contributed by atoms with Crippen molar-refractivity contribution in [1.29, 1.82) is 0 Å². The zero-order valence-electron chi connectivity index (χ0n) is 13.9. The van der Waals surface area contributed by atoms with Crippen molar-refractivity contribution >= 4 is 0 Å². The molecule has 0 bridgehead atoms. The molecule has 2 aromatic carbocycles. The lowest BCUT2D eigenvalue weighted by molar-refractivity contribution is 0.582. The van der Waals surface area contributed by atoms with Gasteiger partial charge < -0.3 is 4.98 Å². The van der Waals surface area contributed by atoms with Gasteiger partial charge in [0, 0.05) is 17.7 Å². The molecule has 0 aliphatic carbocycles. The Hall–Kier alpha value is -2.35. The number of aryl methyl sites for hydroxylation is 1. The van der Waals surface area contributed by atoms with Gasteiger partial charge in [-0.3, -0.25) is 0 Å². The zero-order chi connectivity index (χ0) is 16.1. The molecule has 3 aromatic rings. The van der Waals surface area contributed by atoms with E-state index in [4.69, 9.17) is 4.98 Å². The van der Waals surface area contributed by atoms with Crippen LogP contribution in [0.2, 0.25) is 0 Å². The number of H-pyrrole nitrogens is 1. The van der Waals surface area contributed by atoms with Crippen molar-refractivity contribution in [3.05, 3.63) is 77.7 Å². The molecule has 0 atom stereocenters. The van der Waals surface area contributed by atoms with Crippen molar-refractivity contribution in [2.75, 3.05) is 0 Å². The molecule has 2 nitrogen and oxygen atoms in total. The summed E-state index contributed by atoms with van der Waals surface area (Å²) >= 11 is 0. The van der Waals surface area contributed by atoms with Crippen molar-refractivity contribution in [1.82, 2.24) is 9.97 Å². The second-order valence-electron chi connectivity index (χ2n) is 6.47. The molecule has 1 heterocycles. The molecule has 0 radical (unpaired) electrons. The summed E-state index contributed by atoms with van der Waals surface area (Å²) in [5.41, 5.74) is 4.85. The standard InChI is InChI=1S/C21H24N2/c1-16(2)13-14-19-21(18-11-7-4-8-12-18)23-20(22-19)15-17-9-5-3-6-10-17/h3-12,16H,13-15H2,1-2H3,(H,22,23). The quantitative estimate of drug-likeness (QED) is 0.661. The first kappa shape index (κ1) is 15.5. The number of benzene rings is 2. The first-order valence-electron chi connectivity index (χ1n) is 8.39. The maximum atomic E-state index is 4.90. The average Bonchev–Trinajstić information content (AvgIpc) is 2.97. The Balaban J connectivity index is 1.90. The molecule has 1 N–H and O–H groups in total. The minimum Gasteiger partial charge on any atom is -0.345 e. The molecule has 0 unspecified atom stereocenters. The summed E-state index contributed by atoms with van der Waals surface area (Å²) in [4.78, 5) is 8.47. The Bertz CT molecular complexity index is 727. The number of aromatic amines is 1. The van der Waals surface area contributed by atoms with Crippen molar-refractivity contribution in [2.24, 2.45) is 5.92 Å². The normalized spacial score (nSPS) is 11.1. The number of hydrogen-bond donors (Lipinski definition) is 1. The third-order valence-electron chi connectivity index (χ3n) is 4.06. The van der Waals surface area contributed by atoms with Crippen LogP contribution < -0.4 is 0 Å². The van der Waals surface area contributed by atoms with E-state index in [0.717, 1.165) is 24.4 Å². The molecular weight excluding hydrogens is 280 g/mol. The lowest BCUT2D eigenvalue weighted by Gasteiger charge is -2.05. The summed E-state index contributed by atoms with van der Waals surface area (Å²) in [6.07, 6.45) is 3.07. The summed E-state index contributed by atoms with van der Waals surface area (Å²) < 4.78 is 0. The molecular formula is C21H24N2. The summed E-state index contributed by atoms with van der Waals surface area (Å²) in [7, 11) is 0. The molecule has 0 aliphatic heterocycles. The van der Waals surface area contributed by atoms with Crippen LogP contribution in [0.15, 0.2) is 60.7 Å². The predicted octanol–water partition coefficient (Wildman–Crippen LogP) is 5.26. The van der Waals surface area contributed by atoms with Gasteiger partial charge in [0.2, 0.25) is 0 Å². The van der Waals surface area contributed by atoms with E-state index in [1.807, 2.05) is 0 Å². The molecule has 0 amide bonds. The van der Waals surface area contributed by atoms with Gasteiger partial charge >= 0.3 is 0 Å². The second kappa shape index (κ2) is 7.28. The van der Waals surface area contributed by atoms with Gasteiger partial charge in [0.1, 0.15) is 5.82 Å². The number of rotatable bonds is 6. The minimum absolute atomic E-state index is 0.694. The molecule has 1 aromatic heterocycles. The SMILES string of the molecule is CC(C)CCc1[nH]c(Cc2ccccc2)nc1-c1ccccc1. The number of aromatic nitrogens is 2. The van der Waals surface area contributed by atoms with E-state index in [9.17, 15) is 0 Å². The highest BCUT2D eigenvalue weighted by molar-refractivity contribution is 5.62. The molecule has 0 saturated carbocycles.